The number of rotatable bonds is 2. The highest BCUT2D eigenvalue weighted by atomic mass is 32.1. The van der Waals surface area contributed by atoms with Crippen molar-refractivity contribution in [3.8, 4) is 22.3 Å². The fourth-order valence-electron chi connectivity index (χ4n) is 4.32. The molecule has 1 heteroatoms. The molecule has 0 spiro atoms. The highest BCUT2D eigenvalue weighted by Crippen LogP contribution is 2.45. The van der Waals surface area contributed by atoms with Crippen molar-refractivity contribution in [3.05, 3.63) is 96.0 Å². The highest BCUT2D eigenvalue weighted by molar-refractivity contribution is 7.26. The SMILES string of the molecule is [2H]c1c([2H])c(C)c([2H])c(-c2cccc(-c3cccc4c3sc3ccccc34)c2C(C)(C)C)c1[2H]. The monoisotopic (exact) mass is 410 g/mol. The van der Waals surface area contributed by atoms with Crippen LogP contribution in [0.2, 0.25) is 0 Å². The molecule has 0 saturated heterocycles. The van der Waals surface area contributed by atoms with Crippen molar-refractivity contribution in [2.45, 2.75) is 33.1 Å². The Morgan fingerprint density at radius 3 is 2.30 bits per heavy atom. The molecule has 5 aromatic rings. The molecule has 0 aliphatic carbocycles. The average Bonchev–Trinajstić information content (AvgIpc) is 3.20. The molecule has 0 aliphatic rings. The van der Waals surface area contributed by atoms with Crippen LogP contribution in [-0.4, -0.2) is 0 Å². The molecule has 30 heavy (non-hydrogen) atoms. The fraction of sp³-hybridized carbons (Fsp3) is 0.172. The molecule has 0 atom stereocenters. The summed E-state index contributed by atoms with van der Waals surface area (Å²) < 4.78 is 36.4. The van der Waals surface area contributed by atoms with Crippen molar-refractivity contribution in [1.82, 2.24) is 0 Å². The quantitative estimate of drug-likeness (QED) is 0.272. The lowest BCUT2D eigenvalue weighted by Crippen LogP contribution is -2.14. The van der Waals surface area contributed by atoms with Gasteiger partial charge in [0.1, 0.15) is 0 Å². The van der Waals surface area contributed by atoms with E-state index in [2.05, 4.69) is 69.3 Å². The molecule has 0 unspecified atom stereocenters. The van der Waals surface area contributed by atoms with Gasteiger partial charge in [-0.2, -0.15) is 0 Å². The number of thiophene rings is 1. The highest BCUT2D eigenvalue weighted by Gasteiger charge is 2.24. The van der Waals surface area contributed by atoms with Gasteiger partial charge < -0.3 is 0 Å². The molecule has 0 bridgehead atoms. The van der Waals surface area contributed by atoms with Crippen molar-refractivity contribution < 1.29 is 5.48 Å². The average molecular weight is 411 g/mol. The second-order valence-electron chi connectivity index (χ2n) is 8.76. The molecule has 0 fully saturated rings. The molecule has 5 rings (SSSR count). The zero-order chi connectivity index (χ0) is 24.4. The Bertz CT molecular complexity index is 1560. The van der Waals surface area contributed by atoms with Crippen LogP contribution in [0, 0.1) is 6.92 Å². The number of hydrogen-bond acceptors (Lipinski definition) is 1. The first-order chi connectivity index (χ1) is 16.1. The number of fused-ring (bicyclic) bond motifs is 3. The standard InChI is InChI=1S/C29H26S/c1-19-10-7-11-20(18-19)21-13-8-14-23(27(21)29(2,3)4)25-16-9-15-24-22-12-5-6-17-26(22)30-28(24)25/h5-18H,1-4H3/i7D,10D,11D,18D. The van der Waals surface area contributed by atoms with Crippen molar-refractivity contribution in [2.75, 3.05) is 0 Å². The van der Waals surface area contributed by atoms with E-state index in [1.165, 1.54) is 20.2 Å². The maximum atomic E-state index is 8.77. The summed E-state index contributed by atoms with van der Waals surface area (Å²) in [7, 11) is 0. The first-order valence-corrected chi connectivity index (χ1v) is 11.0. The van der Waals surface area contributed by atoms with Crippen molar-refractivity contribution in [3.63, 3.8) is 0 Å². The second-order valence-corrected chi connectivity index (χ2v) is 9.81. The van der Waals surface area contributed by atoms with Gasteiger partial charge in [0.25, 0.3) is 0 Å². The van der Waals surface area contributed by atoms with E-state index in [0.29, 0.717) is 11.1 Å². The normalized spacial score (nSPS) is 13.9. The van der Waals surface area contributed by atoms with Crippen molar-refractivity contribution in [2.24, 2.45) is 0 Å². The van der Waals surface area contributed by atoms with Gasteiger partial charge in [-0.05, 0) is 46.2 Å². The fourth-order valence-corrected chi connectivity index (χ4v) is 5.55. The van der Waals surface area contributed by atoms with Gasteiger partial charge in [-0.3, -0.25) is 0 Å². The third-order valence-electron chi connectivity index (χ3n) is 5.53. The maximum Gasteiger partial charge on any atom is 0.0632 e. The summed E-state index contributed by atoms with van der Waals surface area (Å²) in [5.41, 5.74) is 4.68. The number of hydrogen-bond donors (Lipinski definition) is 0. The molecule has 1 aromatic heterocycles. The third-order valence-corrected chi connectivity index (χ3v) is 6.75. The Balaban J connectivity index is 1.90. The van der Waals surface area contributed by atoms with Gasteiger partial charge in [-0.15, -0.1) is 11.3 Å². The Kier molecular flexibility index (Phi) is 3.55. The van der Waals surface area contributed by atoms with Crippen LogP contribution in [0.4, 0.5) is 0 Å². The molecule has 0 amide bonds. The zero-order valence-corrected chi connectivity index (χ0v) is 18.5. The smallest absolute Gasteiger partial charge is 0.0632 e. The van der Waals surface area contributed by atoms with E-state index in [-0.39, 0.29) is 29.6 Å². The lowest BCUT2D eigenvalue weighted by molar-refractivity contribution is 0.594. The van der Waals surface area contributed by atoms with Gasteiger partial charge >= 0.3 is 0 Å². The predicted molar refractivity (Wildman–Crippen MR) is 134 cm³/mol. The topological polar surface area (TPSA) is 0 Å². The second kappa shape index (κ2) is 7.11. The van der Waals surface area contributed by atoms with Gasteiger partial charge in [0.2, 0.25) is 0 Å². The van der Waals surface area contributed by atoms with Crippen LogP contribution in [0.5, 0.6) is 0 Å². The van der Waals surface area contributed by atoms with Crippen LogP contribution < -0.4 is 0 Å². The van der Waals surface area contributed by atoms with Crippen LogP contribution in [0.3, 0.4) is 0 Å². The summed E-state index contributed by atoms with van der Waals surface area (Å²) in [6.07, 6.45) is 0. The summed E-state index contributed by atoms with van der Waals surface area (Å²) in [5, 5.41) is 2.48. The van der Waals surface area contributed by atoms with E-state index in [1.807, 2.05) is 12.1 Å². The Labute approximate surface area is 188 Å². The summed E-state index contributed by atoms with van der Waals surface area (Å²) >= 11 is 1.79. The lowest BCUT2D eigenvalue weighted by atomic mass is 9.77. The molecule has 4 aromatic carbocycles. The molecule has 1 heterocycles. The van der Waals surface area contributed by atoms with Crippen molar-refractivity contribution >= 4 is 31.5 Å². The van der Waals surface area contributed by atoms with Gasteiger partial charge in [0.15, 0.2) is 0 Å². The lowest BCUT2D eigenvalue weighted by Gasteiger charge is -2.27. The molecule has 0 N–H and O–H groups in total. The van der Waals surface area contributed by atoms with Crippen LogP contribution in [0.15, 0.2) is 84.8 Å². The van der Waals surface area contributed by atoms with Gasteiger partial charge in [0, 0.05) is 20.2 Å². The molecule has 148 valence electrons. The summed E-state index contributed by atoms with van der Waals surface area (Å²) in [5.74, 6) is 0. The first kappa shape index (κ1) is 15.0. The van der Waals surface area contributed by atoms with E-state index < -0.39 is 0 Å². The van der Waals surface area contributed by atoms with Crippen molar-refractivity contribution in [1.29, 1.82) is 0 Å². The van der Waals surface area contributed by atoms with E-state index in [9.17, 15) is 0 Å². The molecule has 0 radical (unpaired) electrons. The molecule has 0 aliphatic heterocycles. The van der Waals surface area contributed by atoms with Crippen LogP contribution in [0.1, 0.15) is 37.4 Å². The molecule has 0 nitrogen and oxygen atoms in total. The predicted octanol–water partition coefficient (Wildman–Crippen LogP) is 8.99. The molecular formula is C29H26S. The van der Waals surface area contributed by atoms with Crippen LogP contribution >= 0.6 is 11.3 Å². The Morgan fingerprint density at radius 1 is 0.767 bits per heavy atom. The minimum absolute atomic E-state index is 0.0396. The van der Waals surface area contributed by atoms with Gasteiger partial charge in [-0.25, -0.2) is 0 Å². The number of benzene rings is 4. The zero-order valence-electron chi connectivity index (χ0n) is 21.7. The largest absolute Gasteiger partial charge is 0.135 e. The van der Waals surface area contributed by atoms with Crippen LogP contribution in [0.25, 0.3) is 42.4 Å². The molecular weight excluding hydrogens is 380 g/mol. The van der Waals surface area contributed by atoms with Gasteiger partial charge in [-0.1, -0.05) is 105 Å². The van der Waals surface area contributed by atoms with E-state index in [1.54, 1.807) is 18.3 Å². The summed E-state index contributed by atoms with van der Waals surface area (Å²) in [4.78, 5) is 0. The first-order valence-electron chi connectivity index (χ1n) is 12.2. The third kappa shape index (κ3) is 3.14. The molecule has 0 saturated carbocycles. The van der Waals surface area contributed by atoms with E-state index in [4.69, 9.17) is 5.48 Å². The van der Waals surface area contributed by atoms with Crippen LogP contribution in [-0.2, 0) is 5.41 Å². The van der Waals surface area contributed by atoms with Gasteiger partial charge in [0.05, 0.1) is 5.48 Å². The minimum atomic E-state index is -0.278. The Morgan fingerprint density at radius 2 is 1.47 bits per heavy atom. The maximum absolute atomic E-state index is 8.77. The van der Waals surface area contributed by atoms with E-state index >= 15 is 0 Å². The van der Waals surface area contributed by atoms with E-state index in [0.717, 1.165) is 22.3 Å². The minimum Gasteiger partial charge on any atom is -0.135 e. The summed E-state index contributed by atoms with van der Waals surface area (Å²) in [6, 6.07) is 20.9. The Hall–Kier alpha value is -2.90. The summed E-state index contributed by atoms with van der Waals surface area (Å²) in [6.45, 7) is 8.16.